The van der Waals surface area contributed by atoms with E-state index in [1.54, 1.807) is 17.3 Å². The third-order valence-corrected chi connectivity index (χ3v) is 7.96. The first-order chi connectivity index (χ1) is 15.6. The zero-order valence-electron chi connectivity index (χ0n) is 18.7. The quantitative estimate of drug-likeness (QED) is 0.439. The molecule has 0 saturated carbocycles. The maximum Gasteiger partial charge on any atom is 0.241 e. The van der Waals surface area contributed by atoms with Crippen LogP contribution in [0.5, 0.6) is 0 Å². The Bertz CT molecular complexity index is 1030. The fourth-order valence-electron chi connectivity index (χ4n) is 3.76. The number of aromatic amines is 1. The van der Waals surface area contributed by atoms with Crippen LogP contribution in [0.1, 0.15) is 32.6 Å². The lowest BCUT2D eigenvalue weighted by Crippen LogP contribution is -2.50. The van der Waals surface area contributed by atoms with Crippen molar-refractivity contribution in [3.05, 3.63) is 34.6 Å². The van der Waals surface area contributed by atoms with Crippen molar-refractivity contribution in [3.8, 4) is 0 Å². The summed E-state index contributed by atoms with van der Waals surface area (Å²) in [7, 11) is -2.18. The Labute approximate surface area is 204 Å². The lowest BCUT2D eigenvalue weighted by Gasteiger charge is -2.33. The average molecular weight is 517 g/mol. The molecule has 0 radical (unpaired) electrons. The topological polar surface area (TPSA) is 124 Å². The minimum absolute atomic E-state index is 0.0378. The molecule has 182 valence electrons. The molecule has 1 saturated heterocycles. The van der Waals surface area contributed by atoms with Gasteiger partial charge in [-0.2, -0.15) is 4.72 Å². The number of nitrogens with one attached hydrogen (secondary N) is 2. The Morgan fingerprint density at radius 1 is 1.33 bits per heavy atom. The molecular formula is C21H30Cl2N6O3S. The van der Waals surface area contributed by atoms with Crippen molar-refractivity contribution in [2.45, 2.75) is 43.5 Å². The molecule has 1 aliphatic rings. The Hall–Kier alpha value is -2.01. The molecule has 1 aliphatic heterocycles. The number of piperidine rings is 1. The predicted octanol–water partition coefficient (Wildman–Crippen LogP) is 3.12. The standard InChI is InChI=1S/C21H30Cl2N6O3S/c1-14-5-10-29(11-6-14)20(30)18(4-3-9-28(2)21-25-7-8-26-21)27-33(31,32)15-12-16(22)19(24)17(23)13-15/h7-8,12-14,18,27H,3-6,9-11,24H2,1-2H3,(H,25,26)/t18-/m0/s1. The second-order valence-corrected chi connectivity index (χ2v) is 11.0. The van der Waals surface area contributed by atoms with Gasteiger partial charge in [0.1, 0.15) is 6.04 Å². The number of likely N-dealkylation sites (tertiary alicyclic amines) is 1. The van der Waals surface area contributed by atoms with E-state index in [1.165, 1.54) is 12.1 Å². The van der Waals surface area contributed by atoms with Crippen LogP contribution in [0.4, 0.5) is 11.6 Å². The van der Waals surface area contributed by atoms with Gasteiger partial charge in [-0.3, -0.25) is 4.79 Å². The number of benzene rings is 1. The molecule has 0 spiro atoms. The molecule has 9 nitrogen and oxygen atoms in total. The van der Waals surface area contributed by atoms with Crippen molar-refractivity contribution in [1.82, 2.24) is 19.6 Å². The minimum Gasteiger partial charge on any atom is -0.396 e. The molecule has 0 unspecified atom stereocenters. The second-order valence-electron chi connectivity index (χ2n) is 8.46. The van der Waals surface area contributed by atoms with Crippen LogP contribution in [-0.2, 0) is 14.8 Å². The van der Waals surface area contributed by atoms with E-state index in [1.807, 2.05) is 11.9 Å². The van der Waals surface area contributed by atoms with E-state index in [9.17, 15) is 13.2 Å². The van der Waals surface area contributed by atoms with E-state index in [-0.39, 0.29) is 26.5 Å². The van der Waals surface area contributed by atoms with Crippen LogP contribution in [0.25, 0.3) is 0 Å². The fraction of sp³-hybridized carbons (Fsp3) is 0.524. The molecule has 0 aliphatic carbocycles. The van der Waals surface area contributed by atoms with E-state index in [0.29, 0.717) is 44.3 Å². The number of carbonyl (C=O) groups is 1. The highest BCUT2D eigenvalue weighted by atomic mass is 35.5. The fourth-order valence-corrected chi connectivity index (χ4v) is 5.65. The summed E-state index contributed by atoms with van der Waals surface area (Å²) in [6.45, 7) is 3.98. The lowest BCUT2D eigenvalue weighted by atomic mass is 9.98. The number of nitrogens with two attached hydrogens (primary N) is 1. The summed E-state index contributed by atoms with van der Waals surface area (Å²) in [6.07, 6.45) is 6.08. The van der Waals surface area contributed by atoms with Gasteiger partial charge in [-0.1, -0.05) is 30.1 Å². The number of hydrogen-bond acceptors (Lipinski definition) is 6. The Morgan fingerprint density at radius 3 is 2.55 bits per heavy atom. The molecule has 1 amide bonds. The molecule has 2 aromatic rings. The van der Waals surface area contributed by atoms with Gasteiger partial charge in [0, 0.05) is 39.1 Å². The smallest absolute Gasteiger partial charge is 0.241 e. The molecule has 1 atom stereocenters. The van der Waals surface area contributed by atoms with Gasteiger partial charge < -0.3 is 20.5 Å². The first kappa shape index (κ1) is 25.6. The highest BCUT2D eigenvalue weighted by molar-refractivity contribution is 7.89. The normalized spacial score (nSPS) is 16.1. The summed E-state index contributed by atoms with van der Waals surface area (Å²) in [5.41, 5.74) is 5.84. The first-order valence-corrected chi connectivity index (χ1v) is 13.1. The average Bonchev–Trinajstić information content (AvgIpc) is 3.31. The molecule has 0 bridgehead atoms. The van der Waals surface area contributed by atoms with Crippen molar-refractivity contribution in [1.29, 1.82) is 0 Å². The van der Waals surface area contributed by atoms with Crippen LogP contribution in [0.2, 0.25) is 10.0 Å². The van der Waals surface area contributed by atoms with E-state index < -0.39 is 16.1 Å². The van der Waals surface area contributed by atoms with Crippen LogP contribution in [0, 0.1) is 5.92 Å². The van der Waals surface area contributed by atoms with Gasteiger partial charge in [0.2, 0.25) is 21.9 Å². The molecular weight excluding hydrogens is 487 g/mol. The summed E-state index contributed by atoms with van der Waals surface area (Å²) in [4.78, 5) is 24.0. The van der Waals surface area contributed by atoms with Crippen molar-refractivity contribution < 1.29 is 13.2 Å². The predicted molar refractivity (Wildman–Crippen MR) is 131 cm³/mol. The third-order valence-electron chi connectivity index (χ3n) is 5.89. The maximum atomic E-state index is 13.3. The number of aromatic nitrogens is 2. The SMILES string of the molecule is CC1CCN(C(=O)[C@H](CCCN(C)c2ncc[nH]2)NS(=O)(=O)c2cc(Cl)c(N)c(Cl)c2)CC1. The van der Waals surface area contributed by atoms with E-state index in [4.69, 9.17) is 28.9 Å². The van der Waals surface area contributed by atoms with Crippen molar-refractivity contribution in [2.75, 3.05) is 37.3 Å². The summed E-state index contributed by atoms with van der Waals surface area (Å²) in [5.74, 6) is 1.03. The van der Waals surface area contributed by atoms with Crippen molar-refractivity contribution in [2.24, 2.45) is 5.92 Å². The minimum atomic E-state index is -4.06. The van der Waals surface area contributed by atoms with Crippen LogP contribution in [0.3, 0.4) is 0 Å². The lowest BCUT2D eigenvalue weighted by molar-refractivity contribution is -0.134. The van der Waals surface area contributed by atoms with Crippen LogP contribution in [0.15, 0.2) is 29.4 Å². The molecule has 33 heavy (non-hydrogen) atoms. The van der Waals surface area contributed by atoms with Gasteiger partial charge >= 0.3 is 0 Å². The molecule has 1 fully saturated rings. The zero-order chi connectivity index (χ0) is 24.2. The number of halogens is 2. The van der Waals surface area contributed by atoms with Crippen LogP contribution < -0.4 is 15.4 Å². The number of sulfonamides is 1. The van der Waals surface area contributed by atoms with Gasteiger partial charge in [-0.25, -0.2) is 13.4 Å². The van der Waals surface area contributed by atoms with Crippen LogP contribution in [-0.4, -0.2) is 61.9 Å². The van der Waals surface area contributed by atoms with Gasteiger partial charge in [0.15, 0.2) is 0 Å². The van der Waals surface area contributed by atoms with Gasteiger partial charge in [0.25, 0.3) is 0 Å². The molecule has 4 N–H and O–H groups in total. The Morgan fingerprint density at radius 2 is 1.97 bits per heavy atom. The van der Waals surface area contributed by atoms with Gasteiger partial charge in [-0.15, -0.1) is 0 Å². The number of hydrogen-bond donors (Lipinski definition) is 3. The van der Waals surface area contributed by atoms with Gasteiger partial charge in [0.05, 0.1) is 20.6 Å². The monoisotopic (exact) mass is 516 g/mol. The molecule has 3 rings (SSSR count). The van der Waals surface area contributed by atoms with Gasteiger partial charge in [-0.05, 0) is 43.7 Å². The molecule has 1 aromatic carbocycles. The number of rotatable bonds is 9. The maximum absolute atomic E-state index is 13.3. The molecule has 1 aromatic heterocycles. The summed E-state index contributed by atoms with van der Waals surface area (Å²) in [6, 6.07) is 1.56. The summed E-state index contributed by atoms with van der Waals surface area (Å²) >= 11 is 12.1. The number of imidazole rings is 1. The molecule has 12 heteroatoms. The van der Waals surface area contributed by atoms with E-state index >= 15 is 0 Å². The summed E-state index contributed by atoms with van der Waals surface area (Å²) < 4.78 is 28.8. The highest BCUT2D eigenvalue weighted by Gasteiger charge is 2.31. The molecule has 2 heterocycles. The second kappa shape index (κ2) is 10.9. The Kier molecular flexibility index (Phi) is 8.49. The number of nitrogen functional groups attached to an aromatic ring is 1. The number of H-pyrrole nitrogens is 1. The van der Waals surface area contributed by atoms with Crippen molar-refractivity contribution >= 4 is 50.8 Å². The number of anilines is 2. The number of nitrogens with zero attached hydrogens (tertiary/aromatic N) is 3. The van der Waals surface area contributed by atoms with E-state index in [0.717, 1.165) is 12.8 Å². The highest BCUT2D eigenvalue weighted by Crippen LogP contribution is 2.31. The van der Waals surface area contributed by atoms with Crippen molar-refractivity contribution in [3.63, 3.8) is 0 Å². The Balaban J connectivity index is 1.76. The largest absolute Gasteiger partial charge is 0.396 e. The van der Waals surface area contributed by atoms with Crippen LogP contribution >= 0.6 is 23.2 Å². The zero-order valence-corrected chi connectivity index (χ0v) is 21.1. The first-order valence-electron chi connectivity index (χ1n) is 10.8. The number of amides is 1. The third kappa shape index (κ3) is 6.53. The summed E-state index contributed by atoms with van der Waals surface area (Å²) in [5, 5.41) is 0.0756. The van der Waals surface area contributed by atoms with E-state index in [2.05, 4.69) is 21.6 Å². The number of carbonyl (C=O) groups excluding carboxylic acids is 1.